The number of sulfonamides is 1. The number of hydrogen-bond acceptors (Lipinski definition) is 6. The number of hydrogen-bond donors (Lipinski definition) is 1. The van der Waals surface area contributed by atoms with Crippen LogP contribution in [0.15, 0.2) is 77.7 Å². The second-order valence-electron chi connectivity index (χ2n) is 7.99. The zero-order chi connectivity index (χ0) is 24.7. The molecule has 3 aromatic rings. The van der Waals surface area contributed by atoms with Crippen molar-refractivity contribution in [2.24, 2.45) is 0 Å². The third-order valence-corrected chi connectivity index (χ3v) is 7.52. The Hall–Kier alpha value is -3.40. The Bertz CT molecular complexity index is 1260. The van der Waals surface area contributed by atoms with Crippen LogP contribution in [0.25, 0.3) is 0 Å². The molecule has 0 spiro atoms. The molecule has 4 rings (SSSR count). The summed E-state index contributed by atoms with van der Waals surface area (Å²) >= 11 is 0. The number of benzene rings is 3. The minimum atomic E-state index is -3.72. The van der Waals surface area contributed by atoms with Crippen molar-refractivity contribution in [3.05, 3.63) is 83.9 Å². The molecule has 3 aromatic carbocycles. The van der Waals surface area contributed by atoms with Crippen LogP contribution >= 0.6 is 0 Å². The largest absolute Gasteiger partial charge is 0.495 e. The van der Waals surface area contributed by atoms with E-state index in [4.69, 9.17) is 14.2 Å². The summed E-state index contributed by atoms with van der Waals surface area (Å²) in [6.45, 7) is 1.03. The van der Waals surface area contributed by atoms with Crippen molar-refractivity contribution in [1.29, 1.82) is 0 Å². The topological polar surface area (TPSA) is 94.2 Å². The maximum Gasteiger partial charge on any atom is 0.262 e. The van der Waals surface area contributed by atoms with Gasteiger partial charge in [0.25, 0.3) is 5.91 Å². The van der Waals surface area contributed by atoms with E-state index < -0.39 is 15.9 Å². The molecule has 1 saturated heterocycles. The molecule has 9 heteroatoms. The van der Waals surface area contributed by atoms with Gasteiger partial charge in [0.15, 0.2) is 6.61 Å². The molecule has 184 valence electrons. The van der Waals surface area contributed by atoms with Gasteiger partial charge < -0.3 is 19.5 Å². The fourth-order valence-corrected chi connectivity index (χ4v) is 5.25. The Kier molecular flexibility index (Phi) is 8.02. The fourth-order valence-electron chi connectivity index (χ4n) is 3.82. The molecule has 1 amide bonds. The van der Waals surface area contributed by atoms with Crippen molar-refractivity contribution >= 4 is 21.6 Å². The van der Waals surface area contributed by atoms with Crippen LogP contribution in [0.2, 0.25) is 0 Å². The number of para-hydroxylation sites is 1. The molecule has 1 heterocycles. The van der Waals surface area contributed by atoms with Crippen LogP contribution in [0.5, 0.6) is 11.5 Å². The van der Waals surface area contributed by atoms with E-state index in [1.54, 1.807) is 0 Å². The molecule has 0 aliphatic carbocycles. The monoisotopic (exact) mass is 496 g/mol. The van der Waals surface area contributed by atoms with Gasteiger partial charge in [-0.2, -0.15) is 4.31 Å². The Balaban J connectivity index is 1.45. The summed E-state index contributed by atoms with van der Waals surface area (Å²) in [5.74, 6) is 0.532. The van der Waals surface area contributed by atoms with Gasteiger partial charge in [-0.15, -0.1) is 0 Å². The van der Waals surface area contributed by atoms with Crippen molar-refractivity contribution < 1.29 is 27.4 Å². The fraction of sp³-hybridized carbons (Fsp3) is 0.269. The maximum atomic E-state index is 13.0. The number of ether oxygens (including phenoxy) is 3. The Morgan fingerprint density at radius 2 is 1.69 bits per heavy atom. The average Bonchev–Trinajstić information content (AvgIpc) is 2.89. The number of rotatable bonds is 9. The van der Waals surface area contributed by atoms with Crippen LogP contribution in [0, 0.1) is 0 Å². The van der Waals surface area contributed by atoms with Crippen molar-refractivity contribution in [1.82, 2.24) is 4.31 Å². The highest BCUT2D eigenvalue weighted by atomic mass is 32.2. The summed E-state index contributed by atoms with van der Waals surface area (Å²) in [7, 11) is -2.26. The number of methoxy groups -OCH3 is 1. The quantitative estimate of drug-likeness (QED) is 0.489. The summed E-state index contributed by atoms with van der Waals surface area (Å²) in [5, 5.41) is 2.72. The summed E-state index contributed by atoms with van der Waals surface area (Å²) in [5.41, 5.74) is 2.35. The number of carbonyl (C=O) groups excluding carboxylic acids is 1. The average molecular weight is 497 g/mol. The molecule has 0 unspecified atom stereocenters. The lowest BCUT2D eigenvalue weighted by molar-refractivity contribution is -0.118. The number of morpholine rings is 1. The maximum absolute atomic E-state index is 13.0. The highest BCUT2D eigenvalue weighted by molar-refractivity contribution is 7.89. The van der Waals surface area contributed by atoms with Crippen molar-refractivity contribution in [2.45, 2.75) is 11.3 Å². The number of nitrogens with one attached hydrogen (secondary N) is 1. The highest BCUT2D eigenvalue weighted by Gasteiger charge is 2.27. The minimum Gasteiger partial charge on any atom is -0.495 e. The van der Waals surface area contributed by atoms with E-state index in [1.165, 1.54) is 29.6 Å². The smallest absolute Gasteiger partial charge is 0.262 e. The lowest BCUT2D eigenvalue weighted by atomic mass is 10.0. The van der Waals surface area contributed by atoms with E-state index in [0.717, 1.165) is 11.1 Å². The number of amides is 1. The Labute approximate surface area is 205 Å². The Morgan fingerprint density at radius 1 is 0.971 bits per heavy atom. The lowest BCUT2D eigenvalue weighted by Crippen LogP contribution is -2.40. The standard InChI is InChI=1S/C26H28N2O6S/c1-32-25-12-11-22(35(30,31)28-13-15-33-16-14-28)18-23(25)27-26(29)19-34-24-10-6-5-9-21(24)17-20-7-3-2-4-8-20/h2-12,18H,13-17,19H2,1H3,(H,27,29). The van der Waals surface area contributed by atoms with Crippen LogP contribution < -0.4 is 14.8 Å². The van der Waals surface area contributed by atoms with Gasteiger partial charge in [0.05, 0.1) is 30.9 Å². The third-order valence-electron chi connectivity index (χ3n) is 5.62. The number of nitrogens with zero attached hydrogens (tertiary/aromatic N) is 1. The predicted octanol–water partition coefficient (Wildman–Crippen LogP) is 3.32. The third kappa shape index (κ3) is 6.19. The van der Waals surface area contributed by atoms with Crippen LogP contribution in [-0.2, 0) is 26.0 Å². The Morgan fingerprint density at radius 3 is 2.43 bits per heavy atom. The van der Waals surface area contributed by atoms with Gasteiger partial charge in [-0.1, -0.05) is 48.5 Å². The molecule has 0 saturated carbocycles. The molecule has 1 aliphatic rings. The molecule has 1 aliphatic heterocycles. The molecule has 0 aromatic heterocycles. The summed E-state index contributed by atoms with van der Waals surface area (Å²) in [6.07, 6.45) is 0.675. The van der Waals surface area contributed by atoms with Crippen LogP contribution in [0.4, 0.5) is 5.69 Å². The van der Waals surface area contributed by atoms with Crippen LogP contribution in [0.1, 0.15) is 11.1 Å². The highest BCUT2D eigenvalue weighted by Crippen LogP contribution is 2.29. The molecule has 0 atom stereocenters. The van der Waals surface area contributed by atoms with E-state index >= 15 is 0 Å². The van der Waals surface area contributed by atoms with E-state index in [9.17, 15) is 13.2 Å². The summed E-state index contributed by atoms with van der Waals surface area (Å²) < 4.78 is 43.8. The minimum absolute atomic E-state index is 0.0737. The second-order valence-corrected chi connectivity index (χ2v) is 9.92. The molecular formula is C26H28N2O6S. The first-order valence-corrected chi connectivity index (χ1v) is 12.7. The second kappa shape index (κ2) is 11.4. The lowest BCUT2D eigenvalue weighted by Gasteiger charge is -2.26. The van der Waals surface area contributed by atoms with Crippen molar-refractivity contribution in [3.63, 3.8) is 0 Å². The molecule has 1 fully saturated rings. The van der Waals surface area contributed by atoms with Crippen molar-refractivity contribution in [3.8, 4) is 11.5 Å². The first-order valence-electron chi connectivity index (χ1n) is 11.3. The number of carbonyl (C=O) groups is 1. The molecule has 8 nitrogen and oxygen atoms in total. The van der Waals surface area contributed by atoms with Crippen LogP contribution in [0.3, 0.4) is 0 Å². The SMILES string of the molecule is COc1ccc(S(=O)(=O)N2CCOCC2)cc1NC(=O)COc1ccccc1Cc1ccccc1. The predicted molar refractivity (Wildman–Crippen MR) is 132 cm³/mol. The van der Waals surface area contributed by atoms with E-state index in [1.807, 2.05) is 54.6 Å². The molecule has 0 bridgehead atoms. The summed E-state index contributed by atoms with van der Waals surface area (Å²) in [6, 6.07) is 22.0. The van der Waals surface area contributed by atoms with Gasteiger partial charge >= 0.3 is 0 Å². The van der Waals surface area contributed by atoms with Gasteiger partial charge in [0, 0.05) is 19.5 Å². The van der Waals surface area contributed by atoms with Crippen LogP contribution in [-0.4, -0.2) is 58.7 Å². The van der Waals surface area contributed by atoms with E-state index in [2.05, 4.69) is 5.32 Å². The van der Waals surface area contributed by atoms with Gasteiger partial charge in [0.2, 0.25) is 10.0 Å². The first-order chi connectivity index (χ1) is 17.0. The molecule has 35 heavy (non-hydrogen) atoms. The summed E-state index contributed by atoms with van der Waals surface area (Å²) in [4.78, 5) is 12.8. The first kappa shape index (κ1) is 24.7. The normalized spacial score (nSPS) is 14.3. The van der Waals surface area contributed by atoms with E-state index in [0.29, 0.717) is 31.1 Å². The molecular weight excluding hydrogens is 468 g/mol. The van der Waals surface area contributed by atoms with Gasteiger partial charge in [-0.25, -0.2) is 8.42 Å². The number of anilines is 1. The molecule has 1 N–H and O–H groups in total. The van der Waals surface area contributed by atoms with Gasteiger partial charge in [-0.05, 0) is 35.4 Å². The van der Waals surface area contributed by atoms with E-state index in [-0.39, 0.29) is 30.3 Å². The zero-order valence-corrected chi connectivity index (χ0v) is 20.3. The zero-order valence-electron chi connectivity index (χ0n) is 19.5. The van der Waals surface area contributed by atoms with Gasteiger partial charge in [0.1, 0.15) is 11.5 Å². The molecule has 0 radical (unpaired) electrons. The van der Waals surface area contributed by atoms with Gasteiger partial charge in [-0.3, -0.25) is 4.79 Å². The van der Waals surface area contributed by atoms with Crippen molar-refractivity contribution in [2.75, 3.05) is 45.3 Å².